The number of methoxy groups -OCH3 is 1. The Bertz CT molecular complexity index is 184. The molecule has 1 aliphatic rings. The summed E-state index contributed by atoms with van der Waals surface area (Å²) in [5.74, 6) is -0.108. The Kier molecular flexibility index (Phi) is 4.90. The summed E-state index contributed by atoms with van der Waals surface area (Å²) in [7, 11) is 1.71. The maximum atomic E-state index is 10.4. The molecule has 1 saturated heterocycles. The average molecular weight is 201 g/mol. The number of ether oxygens (including phenoxy) is 1. The molecule has 1 aliphatic heterocycles. The SMILES string of the molecule is COCCN1CCC(CCC(=O)O)C1. The minimum atomic E-state index is -0.680. The van der Waals surface area contributed by atoms with Crippen LogP contribution in [0.15, 0.2) is 0 Å². The number of carboxylic acids is 1. The van der Waals surface area contributed by atoms with Crippen LogP contribution >= 0.6 is 0 Å². The van der Waals surface area contributed by atoms with E-state index in [0.717, 1.165) is 39.1 Å². The lowest BCUT2D eigenvalue weighted by atomic mass is 10.0. The van der Waals surface area contributed by atoms with Crippen molar-refractivity contribution in [2.75, 3.05) is 33.4 Å². The number of likely N-dealkylation sites (tertiary alicyclic amines) is 1. The minimum Gasteiger partial charge on any atom is -0.481 e. The van der Waals surface area contributed by atoms with Gasteiger partial charge in [-0.1, -0.05) is 0 Å². The van der Waals surface area contributed by atoms with Crippen LogP contribution in [0.2, 0.25) is 0 Å². The molecule has 4 heteroatoms. The zero-order valence-corrected chi connectivity index (χ0v) is 8.74. The predicted molar refractivity (Wildman–Crippen MR) is 53.3 cm³/mol. The van der Waals surface area contributed by atoms with Crippen LogP contribution in [0.4, 0.5) is 0 Å². The van der Waals surface area contributed by atoms with E-state index in [1.54, 1.807) is 7.11 Å². The Morgan fingerprint density at radius 2 is 2.43 bits per heavy atom. The summed E-state index contributed by atoms with van der Waals surface area (Å²) in [6, 6.07) is 0. The first kappa shape index (κ1) is 11.5. The molecule has 0 aromatic carbocycles. The van der Waals surface area contributed by atoms with Gasteiger partial charge in [0.25, 0.3) is 0 Å². The van der Waals surface area contributed by atoms with Crippen LogP contribution in [-0.2, 0) is 9.53 Å². The largest absolute Gasteiger partial charge is 0.481 e. The quantitative estimate of drug-likeness (QED) is 0.691. The number of rotatable bonds is 6. The summed E-state index contributed by atoms with van der Waals surface area (Å²) >= 11 is 0. The standard InChI is InChI=1S/C10H19NO3/c1-14-7-6-11-5-4-9(8-11)2-3-10(12)13/h9H,2-8H2,1H3,(H,12,13). The van der Waals surface area contributed by atoms with Gasteiger partial charge in [0.2, 0.25) is 0 Å². The molecular formula is C10H19NO3. The van der Waals surface area contributed by atoms with Crippen LogP contribution in [0.1, 0.15) is 19.3 Å². The first-order valence-corrected chi connectivity index (χ1v) is 5.15. The Morgan fingerprint density at radius 3 is 3.07 bits per heavy atom. The fraction of sp³-hybridized carbons (Fsp3) is 0.900. The zero-order chi connectivity index (χ0) is 10.4. The molecule has 14 heavy (non-hydrogen) atoms. The highest BCUT2D eigenvalue weighted by molar-refractivity contribution is 5.66. The van der Waals surface area contributed by atoms with Crippen molar-refractivity contribution in [2.24, 2.45) is 5.92 Å². The molecule has 1 heterocycles. The second-order valence-electron chi connectivity index (χ2n) is 3.88. The summed E-state index contributed by atoms with van der Waals surface area (Å²) in [5, 5.41) is 8.55. The van der Waals surface area contributed by atoms with Gasteiger partial charge >= 0.3 is 5.97 Å². The number of hydrogen-bond donors (Lipinski definition) is 1. The molecule has 82 valence electrons. The lowest BCUT2D eigenvalue weighted by Gasteiger charge is -2.14. The molecule has 0 aromatic heterocycles. The van der Waals surface area contributed by atoms with Crippen LogP contribution in [0.5, 0.6) is 0 Å². The van der Waals surface area contributed by atoms with E-state index in [1.165, 1.54) is 0 Å². The average Bonchev–Trinajstić information content (AvgIpc) is 2.59. The van der Waals surface area contributed by atoms with Gasteiger partial charge in [-0.05, 0) is 25.3 Å². The third kappa shape index (κ3) is 4.07. The van der Waals surface area contributed by atoms with Crippen molar-refractivity contribution < 1.29 is 14.6 Å². The predicted octanol–water partition coefficient (Wildman–Crippen LogP) is 0.820. The first-order valence-electron chi connectivity index (χ1n) is 5.15. The van der Waals surface area contributed by atoms with E-state index in [0.29, 0.717) is 12.3 Å². The van der Waals surface area contributed by atoms with E-state index < -0.39 is 5.97 Å². The van der Waals surface area contributed by atoms with Crippen molar-refractivity contribution in [3.63, 3.8) is 0 Å². The number of carboxylic acid groups (broad SMARTS) is 1. The van der Waals surface area contributed by atoms with Gasteiger partial charge in [-0.3, -0.25) is 4.79 Å². The lowest BCUT2D eigenvalue weighted by Crippen LogP contribution is -2.24. The molecule has 1 N–H and O–H groups in total. The molecule has 0 saturated carbocycles. The van der Waals surface area contributed by atoms with Gasteiger partial charge in [-0.2, -0.15) is 0 Å². The monoisotopic (exact) mass is 201 g/mol. The lowest BCUT2D eigenvalue weighted by molar-refractivity contribution is -0.137. The fourth-order valence-corrected chi connectivity index (χ4v) is 1.90. The Balaban J connectivity index is 2.10. The van der Waals surface area contributed by atoms with Crippen molar-refractivity contribution in [1.82, 2.24) is 4.90 Å². The molecule has 0 aliphatic carbocycles. The summed E-state index contributed by atoms with van der Waals surface area (Å²) in [5.41, 5.74) is 0. The molecular weight excluding hydrogens is 182 g/mol. The molecule has 1 atom stereocenters. The maximum Gasteiger partial charge on any atom is 0.303 e. The van der Waals surface area contributed by atoms with E-state index in [9.17, 15) is 4.79 Å². The van der Waals surface area contributed by atoms with Gasteiger partial charge in [0.15, 0.2) is 0 Å². The molecule has 1 fully saturated rings. The molecule has 0 aromatic rings. The molecule has 0 amide bonds. The third-order valence-electron chi connectivity index (χ3n) is 2.75. The number of nitrogens with zero attached hydrogens (tertiary/aromatic N) is 1. The summed E-state index contributed by atoms with van der Waals surface area (Å²) in [4.78, 5) is 12.7. The van der Waals surface area contributed by atoms with E-state index in [2.05, 4.69) is 4.90 Å². The third-order valence-corrected chi connectivity index (χ3v) is 2.75. The molecule has 1 rings (SSSR count). The van der Waals surface area contributed by atoms with Gasteiger partial charge < -0.3 is 14.7 Å². The van der Waals surface area contributed by atoms with E-state index >= 15 is 0 Å². The van der Waals surface area contributed by atoms with E-state index in [4.69, 9.17) is 9.84 Å². The number of aliphatic carboxylic acids is 1. The van der Waals surface area contributed by atoms with Crippen LogP contribution in [0.3, 0.4) is 0 Å². The van der Waals surface area contributed by atoms with Crippen molar-refractivity contribution in [3.8, 4) is 0 Å². The Morgan fingerprint density at radius 1 is 1.64 bits per heavy atom. The van der Waals surface area contributed by atoms with Gasteiger partial charge in [0.1, 0.15) is 0 Å². The maximum absolute atomic E-state index is 10.4. The van der Waals surface area contributed by atoms with Crippen molar-refractivity contribution >= 4 is 5.97 Å². The van der Waals surface area contributed by atoms with Crippen LogP contribution in [0, 0.1) is 5.92 Å². The van der Waals surface area contributed by atoms with Crippen LogP contribution in [0.25, 0.3) is 0 Å². The fourth-order valence-electron chi connectivity index (χ4n) is 1.90. The zero-order valence-electron chi connectivity index (χ0n) is 8.74. The molecule has 0 radical (unpaired) electrons. The highest BCUT2D eigenvalue weighted by atomic mass is 16.5. The Labute approximate surface area is 84.8 Å². The molecule has 0 spiro atoms. The summed E-state index contributed by atoms with van der Waals surface area (Å²) in [6.45, 7) is 3.87. The number of carbonyl (C=O) groups is 1. The van der Waals surface area contributed by atoms with Gasteiger partial charge in [-0.25, -0.2) is 0 Å². The van der Waals surface area contributed by atoms with Gasteiger partial charge in [0, 0.05) is 26.6 Å². The van der Waals surface area contributed by atoms with Crippen molar-refractivity contribution in [3.05, 3.63) is 0 Å². The summed E-state index contributed by atoms with van der Waals surface area (Å²) in [6.07, 6.45) is 2.26. The van der Waals surface area contributed by atoms with E-state index in [1.807, 2.05) is 0 Å². The normalized spacial score (nSPS) is 22.8. The first-order chi connectivity index (χ1) is 6.72. The van der Waals surface area contributed by atoms with Crippen molar-refractivity contribution in [1.29, 1.82) is 0 Å². The minimum absolute atomic E-state index is 0.308. The molecule has 1 unspecified atom stereocenters. The smallest absolute Gasteiger partial charge is 0.303 e. The topological polar surface area (TPSA) is 49.8 Å². The number of hydrogen-bond acceptors (Lipinski definition) is 3. The summed E-state index contributed by atoms with van der Waals surface area (Å²) < 4.78 is 5.00. The van der Waals surface area contributed by atoms with Crippen LogP contribution in [-0.4, -0.2) is 49.3 Å². The highest BCUT2D eigenvalue weighted by Crippen LogP contribution is 2.20. The highest BCUT2D eigenvalue weighted by Gasteiger charge is 2.22. The van der Waals surface area contributed by atoms with Gasteiger partial charge in [0.05, 0.1) is 6.61 Å². The van der Waals surface area contributed by atoms with Gasteiger partial charge in [-0.15, -0.1) is 0 Å². The second kappa shape index (κ2) is 5.98. The van der Waals surface area contributed by atoms with Crippen molar-refractivity contribution in [2.45, 2.75) is 19.3 Å². The molecule has 0 bridgehead atoms. The van der Waals surface area contributed by atoms with Crippen LogP contribution < -0.4 is 0 Å². The second-order valence-corrected chi connectivity index (χ2v) is 3.88. The van der Waals surface area contributed by atoms with E-state index in [-0.39, 0.29) is 0 Å². The molecule has 4 nitrogen and oxygen atoms in total. The Hall–Kier alpha value is -0.610.